The summed E-state index contributed by atoms with van der Waals surface area (Å²) < 4.78 is 51.0. The third-order valence-corrected chi connectivity index (χ3v) is 6.69. The van der Waals surface area contributed by atoms with Crippen LogP contribution in [0.15, 0.2) is 36.4 Å². The van der Waals surface area contributed by atoms with Crippen LogP contribution in [0.4, 0.5) is 13.2 Å². The molecule has 0 spiro atoms. The smallest absolute Gasteiger partial charge is 0.324 e. The van der Waals surface area contributed by atoms with Gasteiger partial charge in [-0.15, -0.1) is 0 Å². The van der Waals surface area contributed by atoms with Gasteiger partial charge in [0.2, 0.25) is 0 Å². The van der Waals surface area contributed by atoms with E-state index >= 15 is 8.78 Å². The van der Waals surface area contributed by atoms with Crippen LogP contribution < -0.4 is 11.1 Å². The molecule has 2 aromatic rings. The van der Waals surface area contributed by atoms with Crippen LogP contribution in [-0.4, -0.2) is 30.2 Å². The van der Waals surface area contributed by atoms with E-state index in [4.69, 9.17) is 22.1 Å². The third kappa shape index (κ3) is 5.52. The molecule has 1 saturated heterocycles. The van der Waals surface area contributed by atoms with Gasteiger partial charge in [0.25, 0.3) is 0 Å². The maximum atomic E-state index is 15.6. The number of carbonyl (C=O) groups excluding carboxylic acids is 1. The van der Waals surface area contributed by atoms with Crippen LogP contribution in [0.2, 0.25) is 5.02 Å². The average Bonchev–Trinajstić information content (AvgIpc) is 3.02. The van der Waals surface area contributed by atoms with E-state index in [0.717, 1.165) is 6.07 Å². The lowest BCUT2D eigenvalue weighted by molar-refractivity contribution is -0.157. The van der Waals surface area contributed by atoms with Crippen molar-refractivity contribution in [3.63, 3.8) is 0 Å². The van der Waals surface area contributed by atoms with Gasteiger partial charge in [-0.1, -0.05) is 50.6 Å². The second kappa shape index (κ2) is 9.75. The lowest BCUT2D eigenvalue weighted by atomic mass is 9.62. The fourth-order valence-electron chi connectivity index (χ4n) is 5.22. The molecule has 0 aromatic heterocycles. The molecule has 0 amide bonds. The van der Waals surface area contributed by atoms with E-state index in [0.29, 0.717) is 6.42 Å². The molecule has 4 nitrogen and oxygen atoms in total. The largest absolute Gasteiger partial charge is 0.459 e. The Morgan fingerprint density at radius 3 is 2.29 bits per heavy atom. The highest BCUT2D eigenvalue weighted by atomic mass is 35.5. The van der Waals surface area contributed by atoms with E-state index in [9.17, 15) is 9.18 Å². The van der Waals surface area contributed by atoms with Crippen LogP contribution in [0.5, 0.6) is 0 Å². The molecule has 192 valence electrons. The molecule has 1 aliphatic rings. The van der Waals surface area contributed by atoms with Gasteiger partial charge in [-0.2, -0.15) is 0 Å². The number of halogens is 4. The van der Waals surface area contributed by atoms with Gasteiger partial charge in [-0.05, 0) is 61.9 Å². The van der Waals surface area contributed by atoms with Crippen LogP contribution in [0.25, 0.3) is 0 Å². The summed E-state index contributed by atoms with van der Waals surface area (Å²) in [5.74, 6) is -4.49. The number of nitrogens with two attached hydrogens (primary N) is 1. The third-order valence-electron chi connectivity index (χ3n) is 6.45. The molecule has 1 heterocycles. The number of esters is 1. The second-order valence-electron chi connectivity index (χ2n) is 11.5. The molecule has 0 aliphatic carbocycles. The summed E-state index contributed by atoms with van der Waals surface area (Å²) in [7, 11) is 0. The summed E-state index contributed by atoms with van der Waals surface area (Å²) >= 11 is 6.04. The molecule has 8 heteroatoms. The summed E-state index contributed by atoms with van der Waals surface area (Å²) in [6.07, 6.45) is 0.471. The van der Waals surface area contributed by atoms with Gasteiger partial charge in [-0.25, -0.2) is 13.2 Å². The number of hydrogen-bond acceptors (Lipinski definition) is 4. The van der Waals surface area contributed by atoms with E-state index in [1.54, 1.807) is 20.8 Å². The highest BCUT2D eigenvalue weighted by molar-refractivity contribution is 6.30. The van der Waals surface area contributed by atoms with Crippen molar-refractivity contribution >= 4 is 17.6 Å². The van der Waals surface area contributed by atoms with Crippen molar-refractivity contribution in [1.82, 2.24) is 5.32 Å². The minimum absolute atomic E-state index is 0.0652. The van der Waals surface area contributed by atoms with E-state index < -0.39 is 52.4 Å². The summed E-state index contributed by atoms with van der Waals surface area (Å²) in [6, 6.07) is 6.35. The molecule has 0 bridgehead atoms. The van der Waals surface area contributed by atoms with Crippen molar-refractivity contribution in [2.24, 2.45) is 11.1 Å². The summed E-state index contributed by atoms with van der Waals surface area (Å²) in [5, 5.41) is 3.49. The average molecular weight is 511 g/mol. The molecule has 1 fully saturated rings. The molecule has 1 aliphatic heterocycles. The first-order valence-electron chi connectivity index (χ1n) is 11.7. The molecule has 3 rings (SSSR count). The standard InChI is InChI=1S/C27H34ClF3N2O2/c1-25(2,3)13-20-27(14-32,17-11-10-15(28)12-19(17)30)21(16-8-7-9-18(29)22(16)31)23(33-20)24(34)35-26(4,5)6/h7-12,20-21,23,33H,13-14,32H2,1-6H3/t20-,21+,23+,27-/m0/s1. The van der Waals surface area contributed by atoms with E-state index in [2.05, 4.69) is 5.32 Å². The summed E-state index contributed by atoms with van der Waals surface area (Å²) in [6.45, 7) is 11.0. The Hall–Kier alpha value is -2.09. The fourth-order valence-corrected chi connectivity index (χ4v) is 5.38. The normalized spacial score (nSPS) is 25.1. The van der Waals surface area contributed by atoms with E-state index in [1.807, 2.05) is 20.8 Å². The Morgan fingerprint density at radius 1 is 1.09 bits per heavy atom. The summed E-state index contributed by atoms with van der Waals surface area (Å²) in [5.41, 5.74) is 4.13. The first kappa shape index (κ1) is 27.5. The van der Waals surface area contributed by atoms with Crippen molar-refractivity contribution < 1.29 is 22.7 Å². The highest BCUT2D eigenvalue weighted by Crippen LogP contribution is 2.52. The minimum atomic E-state index is -1.31. The van der Waals surface area contributed by atoms with Gasteiger partial charge in [0.1, 0.15) is 17.5 Å². The number of ether oxygens (including phenoxy) is 1. The van der Waals surface area contributed by atoms with Crippen LogP contribution >= 0.6 is 11.6 Å². The SMILES string of the molecule is CC(C)(C)C[C@@H]1N[C@@H](C(=O)OC(C)(C)C)[C@@H](c2cccc(F)c2F)[C@@]1(CN)c1ccc(Cl)cc1F. The number of nitrogens with one attached hydrogen (secondary N) is 1. The zero-order valence-electron chi connectivity index (χ0n) is 21.0. The molecular weight excluding hydrogens is 477 g/mol. The lowest BCUT2D eigenvalue weighted by Crippen LogP contribution is -2.50. The Labute approximate surface area is 210 Å². The maximum Gasteiger partial charge on any atom is 0.324 e. The van der Waals surface area contributed by atoms with Gasteiger partial charge in [-0.3, -0.25) is 4.79 Å². The summed E-state index contributed by atoms with van der Waals surface area (Å²) in [4.78, 5) is 13.5. The fraction of sp³-hybridized carbons (Fsp3) is 0.519. The van der Waals surface area contributed by atoms with Crippen molar-refractivity contribution in [2.45, 2.75) is 77.0 Å². The topological polar surface area (TPSA) is 64.3 Å². The van der Waals surface area contributed by atoms with Crippen molar-refractivity contribution in [3.8, 4) is 0 Å². The predicted octanol–water partition coefficient (Wildman–Crippen LogP) is 5.86. The Morgan fingerprint density at radius 2 is 1.74 bits per heavy atom. The molecule has 2 aromatic carbocycles. The van der Waals surface area contributed by atoms with Crippen molar-refractivity contribution in [2.75, 3.05) is 6.54 Å². The maximum absolute atomic E-state index is 15.6. The molecule has 0 unspecified atom stereocenters. The molecule has 3 N–H and O–H groups in total. The first-order valence-corrected chi connectivity index (χ1v) is 12.1. The van der Waals surface area contributed by atoms with Crippen molar-refractivity contribution in [1.29, 1.82) is 0 Å². The zero-order chi connectivity index (χ0) is 26.3. The number of benzene rings is 2. The highest BCUT2D eigenvalue weighted by Gasteiger charge is 2.60. The van der Waals surface area contributed by atoms with Crippen LogP contribution in [0.3, 0.4) is 0 Å². The van der Waals surface area contributed by atoms with Crippen LogP contribution in [-0.2, 0) is 14.9 Å². The van der Waals surface area contributed by atoms with Crippen LogP contribution in [0, 0.1) is 22.9 Å². The molecule has 35 heavy (non-hydrogen) atoms. The number of carbonyl (C=O) groups is 1. The van der Waals surface area contributed by atoms with Crippen molar-refractivity contribution in [3.05, 3.63) is 70.0 Å². The van der Waals surface area contributed by atoms with Gasteiger partial charge in [0.05, 0.1) is 0 Å². The van der Waals surface area contributed by atoms with E-state index in [-0.39, 0.29) is 28.1 Å². The van der Waals surface area contributed by atoms with Gasteiger partial charge < -0.3 is 15.8 Å². The van der Waals surface area contributed by atoms with E-state index in [1.165, 1.54) is 30.3 Å². The monoisotopic (exact) mass is 510 g/mol. The Kier molecular flexibility index (Phi) is 7.66. The number of hydrogen-bond donors (Lipinski definition) is 2. The first-order chi connectivity index (χ1) is 16.1. The zero-order valence-corrected chi connectivity index (χ0v) is 21.8. The van der Waals surface area contributed by atoms with Gasteiger partial charge in [0, 0.05) is 28.9 Å². The van der Waals surface area contributed by atoms with Gasteiger partial charge in [0.15, 0.2) is 11.6 Å². The molecule has 4 atom stereocenters. The quantitative estimate of drug-likeness (QED) is 0.495. The molecular formula is C27H34ClF3N2O2. The van der Waals surface area contributed by atoms with Gasteiger partial charge >= 0.3 is 5.97 Å². The second-order valence-corrected chi connectivity index (χ2v) is 11.9. The Bertz CT molecular complexity index is 1100. The predicted molar refractivity (Wildman–Crippen MR) is 132 cm³/mol. The Balaban J connectivity index is 2.35. The molecule has 0 saturated carbocycles. The molecule has 0 radical (unpaired) electrons. The lowest BCUT2D eigenvalue weighted by Gasteiger charge is -2.42. The number of rotatable bonds is 5. The van der Waals surface area contributed by atoms with Crippen LogP contribution in [0.1, 0.15) is 65.0 Å². The minimum Gasteiger partial charge on any atom is -0.459 e.